The molecule has 0 bridgehead atoms. The van der Waals surface area contributed by atoms with Crippen LogP contribution in [0.3, 0.4) is 0 Å². The summed E-state index contributed by atoms with van der Waals surface area (Å²) < 4.78 is 36.2. The Hall–Kier alpha value is -2.74. The molecule has 2 aromatic carbocycles. The van der Waals surface area contributed by atoms with Gasteiger partial charge in [0.15, 0.2) is 9.84 Å². The number of carboxylic acids is 1. The third-order valence-electron chi connectivity index (χ3n) is 3.61. The molecular formula is C20H24O7S. The molecule has 0 saturated heterocycles. The molecule has 0 aliphatic rings. The quantitative estimate of drug-likeness (QED) is 0.643. The lowest BCUT2D eigenvalue weighted by molar-refractivity contribution is 0.0693. The lowest BCUT2D eigenvalue weighted by Gasteiger charge is -2.21. The molecule has 0 fully saturated rings. The van der Waals surface area contributed by atoms with Gasteiger partial charge in [-0.15, -0.1) is 0 Å². The van der Waals surface area contributed by atoms with E-state index in [0.717, 1.165) is 0 Å². The molecule has 0 unspecified atom stereocenters. The Bertz CT molecular complexity index is 943. The Kier molecular flexibility index (Phi) is 6.56. The number of carbonyl (C=O) groups is 1. The SMILES string of the molecule is CC(C)(C)Oc1cccc(S(=O)(=O)CCCOc2ccc(O)c(C(=O)O)c2)c1. The molecule has 2 rings (SSSR count). The highest BCUT2D eigenvalue weighted by atomic mass is 32.2. The van der Waals surface area contributed by atoms with E-state index in [1.165, 1.54) is 30.3 Å². The largest absolute Gasteiger partial charge is 0.507 e. The number of carboxylic acid groups (broad SMARTS) is 1. The van der Waals surface area contributed by atoms with Gasteiger partial charge < -0.3 is 19.7 Å². The van der Waals surface area contributed by atoms with E-state index in [2.05, 4.69) is 0 Å². The van der Waals surface area contributed by atoms with Crippen LogP contribution >= 0.6 is 0 Å². The Labute approximate surface area is 164 Å². The molecule has 7 nitrogen and oxygen atoms in total. The topological polar surface area (TPSA) is 110 Å². The van der Waals surface area contributed by atoms with E-state index >= 15 is 0 Å². The van der Waals surface area contributed by atoms with E-state index in [1.807, 2.05) is 20.8 Å². The fourth-order valence-electron chi connectivity index (χ4n) is 2.42. The van der Waals surface area contributed by atoms with Gasteiger partial charge in [0.1, 0.15) is 28.4 Å². The first-order valence-corrected chi connectivity index (χ1v) is 10.3. The summed E-state index contributed by atoms with van der Waals surface area (Å²) in [5.41, 5.74) is -0.712. The van der Waals surface area contributed by atoms with Gasteiger partial charge in [-0.05, 0) is 63.6 Å². The molecule has 0 aromatic heterocycles. The van der Waals surface area contributed by atoms with Crippen LogP contribution < -0.4 is 9.47 Å². The van der Waals surface area contributed by atoms with Gasteiger partial charge in [0.25, 0.3) is 0 Å². The molecule has 0 amide bonds. The number of sulfone groups is 1. The molecule has 0 radical (unpaired) electrons. The summed E-state index contributed by atoms with van der Waals surface area (Å²) in [7, 11) is -3.52. The minimum Gasteiger partial charge on any atom is -0.507 e. The van der Waals surface area contributed by atoms with Crippen molar-refractivity contribution >= 4 is 15.8 Å². The third kappa shape index (κ3) is 6.16. The van der Waals surface area contributed by atoms with Crippen molar-refractivity contribution in [2.75, 3.05) is 12.4 Å². The first-order chi connectivity index (χ1) is 13.0. The van der Waals surface area contributed by atoms with E-state index in [0.29, 0.717) is 5.75 Å². The van der Waals surface area contributed by atoms with Crippen LogP contribution in [0.5, 0.6) is 17.2 Å². The third-order valence-corrected chi connectivity index (χ3v) is 5.41. The van der Waals surface area contributed by atoms with Crippen molar-refractivity contribution in [2.45, 2.75) is 37.7 Å². The van der Waals surface area contributed by atoms with E-state index in [-0.39, 0.29) is 40.7 Å². The zero-order valence-corrected chi connectivity index (χ0v) is 16.8. The van der Waals surface area contributed by atoms with Crippen molar-refractivity contribution in [3.8, 4) is 17.2 Å². The van der Waals surface area contributed by atoms with E-state index in [9.17, 15) is 18.3 Å². The Balaban J connectivity index is 1.96. The number of hydrogen-bond donors (Lipinski definition) is 2. The van der Waals surface area contributed by atoms with E-state index in [1.54, 1.807) is 12.1 Å². The number of aromatic hydroxyl groups is 1. The molecule has 2 aromatic rings. The second-order valence-corrected chi connectivity index (χ2v) is 9.30. The first kappa shape index (κ1) is 21.6. The van der Waals surface area contributed by atoms with Crippen LogP contribution in [0.4, 0.5) is 0 Å². The summed E-state index contributed by atoms with van der Waals surface area (Å²) in [5.74, 6) is -1.04. The molecule has 0 spiro atoms. The Morgan fingerprint density at radius 2 is 1.79 bits per heavy atom. The molecule has 0 aliphatic heterocycles. The summed E-state index contributed by atoms with van der Waals surface area (Å²) in [6, 6.07) is 10.2. The van der Waals surface area contributed by atoms with Crippen LogP contribution in [0.2, 0.25) is 0 Å². The van der Waals surface area contributed by atoms with Gasteiger partial charge in [0.05, 0.1) is 17.3 Å². The molecule has 0 atom stereocenters. The van der Waals surface area contributed by atoms with Gasteiger partial charge in [-0.3, -0.25) is 0 Å². The summed E-state index contributed by atoms with van der Waals surface area (Å²) in [5, 5.41) is 18.5. The highest BCUT2D eigenvalue weighted by Gasteiger charge is 2.18. The van der Waals surface area contributed by atoms with Crippen molar-refractivity contribution in [3.63, 3.8) is 0 Å². The predicted molar refractivity (Wildman–Crippen MR) is 104 cm³/mol. The first-order valence-electron chi connectivity index (χ1n) is 8.69. The average molecular weight is 408 g/mol. The highest BCUT2D eigenvalue weighted by Crippen LogP contribution is 2.24. The van der Waals surface area contributed by atoms with E-state index < -0.39 is 21.4 Å². The number of phenols is 1. The van der Waals surface area contributed by atoms with E-state index in [4.69, 9.17) is 14.6 Å². The van der Waals surface area contributed by atoms with Crippen molar-refractivity contribution < 1.29 is 32.9 Å². The zero-order chi connectivity index (χ0) is 20.9. The highest BCUT2D eigenvalue weighted by molar-refractivity contribution is 7.91. The number of ether oxygens (including phenoxy) is 2. The normalized spacial score (nSPS) is 11.8. The maximum absolute atomic E-state index is 12.5. The van der Waals surface area contributed by atoms with Crippen molar-refractivity contribution in [1.82, 2.24) is 0 Å². The molecule has 8 heteroatoms. The van der Waals surface area contributed by atoms with Crippen molar-refractivity contribution in [2.24, 2.45) is 0 Å². The summed E-state index contributed by atoms with van der Waals surface area (Å²) >= 11 is 0. The number of rotatable bonds is 8. The zero-order valence-electron chi connectivity index (χ0n) is 16.0. The van der Waals surface area contributed by atoms with Crippen LogP contribution in [0.25, 0.3) is 0 Å². The number of benzene rings is 2. The standard InChI is InChI=1S/C20H24O7S/c1-20(2,3)27-15-6-4-7-16(12-15)28(24,25)11-5-10-26-14-8-9-18(21)17(13-14)19(22)23/h4,6-9,12-13,21H,5,10-11H2,1-3H3,(H,22,23). The molecule has 0 saturated carbocycles. The number of hydrogen-bond acceptors (Lipinski definition) is 6. The van der Waals surface area contributed by atoms with Gasteiger partial charge in [-0.1, -0.05) is 6.07 Å². The van der Waals surface area contributed by atoms with Gasteiger partial charge >= 0.3 is 5.97 Å². The van der Waals surface area contributed by atoms with Crippen LogP contribution in [-0.4, -0.2) is 42.6 Å². The summed E-state index contributed by atoms with van der Waals surface area (Å²) in [6.07, 6.45) is 0.218. The maximum Gasteiger partial charge on any atom is 0.339 e. The van der Waals surface area contributed by atoms with Crippen LogP contribution in [-0.2, 0) is 9.84 Å². The molecule has 152 valence electrons. The Morgan fingerprint density at radius 1 is 1.07 bits per heavy atom. The van der Waals surface area contributed by atoms with Gasteiger partial charge in [-0.25, -0.2) is 13.2 Å². The van der Waals surface area contributed by atoms with Crippen molar-refractivity contribution in [1.29, 1.82) is 0 Å². The van der Waals surface area contributed by atoms with Crippen LogP contribution in [0.15, 0.2) is 47.4 Å². The summed E-state index contributed by atoms with van der Waals surface area (Å²) in [6.45, 7) is 5.72. The van der Waals surface area contributed by atoms with Crippen LogP contribution in [0, 0.1) is 0 Å². The molecule has 28 heavy (non-hydrogen) atoms. The minimum atomic E-state index is -3.52. The summed E-state index contributed by atoms with van der Waals surface area (Å²) in [4.78, 5) is 11.2. The van der Waals surface area contributed by atoms with Gasteiger partial charge in [0, 0.05) is 0 Å². The maximum atomic E-state index is 12.5. The fourth-order valence-corrected chi connectivity index (χ4v) is 3.73. The lowest BCUT2D eigenvalue weighted by atomic mass is 10.2. The van der Waals surface area contributed by atoms with Gasteiger partial charge in [-0.2, -0.15) is 0 Å². The monoisotopic (exact) mass is 408 g/mol. The van der Waals surface area contributed by atoms with Crippen molar-refractivity contribution in [3.05, 3.63) is 48.0 Å². The molecular weight excluding hydrogens is 384 g/mol. The molecule has 0 heterocycles. The number of aromatic carboxylic acids is 1. The average Bonchev–Trinajstić information content (AvgIpc) is 2.58. The fraction of sp³-hybridized carbons (Fsp3) is 0.350. The predicted octanol–water partition coefficient (Wildman–Crippen LogP) is 3.51. The molecule has 0 aliphatic carbocycles. The Morgan fingerprint density at radius 3 is 2.43 bits per heavy atom. The smallest absolute Gasteiger partial charge is 0.339 e. The second kappa shape index (κ2) is 8.52. The minimum absolute atomic E-state index is 0.0846. The second-order valence-electron chi connectivity index (χ2n) is 7.19. The van der Waals surface area contributed by atoms with Gasteiger partial charge in [0.2, 0.25) is 0 Å². The van der Waals surface area contributed by atoms with Crippen LogP contribution in [0.1, 0.15) is 37.6 Å². The molecule has 2 N–H and O–H groups in total. The lowest BCUT2D eigenvalue weighted by Crippen LogP contribution is -2.23.